The Morgan fingerprint density at radius 3 is 2.44 bits per heavy atom. The van der Waals surface area contributed by atoms with E-state index in [0.29, 0.717) is 72.4 Å². The highest BCUT2D eigenvalue weighted by molar-refractivity contribution is 7.46. The van der Waals surface area contributed by atoms with E-state index in [-0.39, 0.29) is 46.7 Å². The van der Waals surface area contributed by atoms with Crippen LogP contribution < -0.4 is 31.1 Å². The van der Waals surface area contributed by atoms with Crippen LogP contribution in [0.25, 0.3) is 11.3 Å². The van der Waals surface area contributed by atoms with Crippen LogP contribution in [0.4, 0.5) is 34.4 Å². The Hall–Kier alpha value is -6.12. The third kappa shape index (κ3) is 11.2. The summed E-state index contributed by atoms with van der Waals surface area (Å²) in [7, 11) is -4.58. The van der Waals surface area contributed by atoms with Crippen molar-refractivity contribution in [3.63, 3.8) is 0 Å². The Morgan fingerprint density at radius 2 is 1.73 bits per heavy atom. The van der Waals surface area contributed by atoms with Crippen LogP contribution >= 0.6 is 19.2 Å². The first-order valence-corrected chi connectivity index (χ1v) is 29.1. The summed E-state index contributed by atoms with van der Waals surface area (Å²) in [6.07, 6.45) is 14.5. The third-order valence-corrected chi connectivity index (χ3v) is 19.0. The maximum absolute atomic E-state index is 14.3. The van der Waals surface area contributed by atoms with Crippen LogP contribution in [0.1, 0.15) is 139 Å². The lowest BCUT2D eigenvalue weighted by Gasteiger charge is -2.48. The molecule has 2 saturated heterocycles. The maximum Gasteiger partial charge on any atom is 0.470 e. The van der Waals surface area contributed by atoms with Gasteiger partial charge in [-0.15, -0.1) is 11.3 Å². The number of benzene rings is 1. The van der Waals surface area contributed by atoms with Gasteiger partial charge in [0.1, 0.15) is 5.82 Å². The van der Waals surface area contributed by atoms with Crippen LogP contribution in [0.15, 0.2) is 67.6 Å². The molecular weight excluding hydrogens is 1020 g/mol. The van der Waals surface area contributed by atoms with Crippen molar-refractivity contribution in [2.45, 2.75) is 140 Å². The number of aliphatic hydroxyl groups excluding tert-OH is 1. The van der Waals surface area contributed by atoms with Crippen molar-refractivity contribution in [3.8, 4) is 11.3 Å². The molecule has 1 unspecified atom stereocenters. The Kier molecular flexibility index (Phi) is 15.2. The Balaban J connectivity index is 0.828. The number of phosphoric acid groups is 1. The molecule has 1 saturated carbocycles. The van der Waals surface area contributed by atoms with Crippen molar-refractivity contribution >= 4 is 71.3 Å². The average molecular weight is 1090 g/mol. The molecule has 21 heteroatoms. The van der Waals surface area contributed by atoms with Gasteiger partial charge in [0, 0.05) is 102 Å². The van der Waals surface area contributed by atoms with E-state index in [1.807, 2.05) is 18.3 Å². The minimum absolute atomic E-state index is 0.00590. The summed E-state index contributed by atoms with van der Waals surface area (Å²) in [6, 6.07) is 12.3. The van der Waals surface area contributed by atoms with Gasteiger partial charge >= 0.3 is 7.82 Å². The van der Waals surface area contributed by atoms with Crippen LogP contribution in [0, 0.1) is 0 Å². The lowest BCUT2D eigenvalue weighted by Crippen LogP contribution is -2.58. The van der Waals surface area contributed by atoms with Crippen molar-refractivity contribution in [2.24, 2.45) is 5.73 Å². The number of thiophene rings is 1. The van der Waals surface area contributed by atoms with E-state index in [9.17, 15) is 33.8 Å². The molecule has 5 aliphatic rings. The second-order valence-electron chi connectivity index (χ2n) is 22.4. The van der Waals surface area contributed by atoms with Gasteiger partial charge in [-0.1, -0.05) is 20.4 Å². The van der Waals surface area contributed by atoms with Gasteiger partial charge in [-0.3, -0.25) is 33.7 Å². The first-order valence-electron chi connectivity index (χ1n) is 26.8. The van der Waals surface area contributed by atoms with Crippen molar-refractivity contribution < 1.29 is 38.4 Å². The summed E-state index contributed by atoms with van der Waals surface area (Å²) in [5.74, 6) is -0.733. The first kappa shape index (κ1) is 54.2. The maximum atomic E-state index is 14.3. The van der Waals surface area contributed by atoms with Crippen LogP contribution in [-0.4, -0.2) is 114 Å². The van der Waals surface area contributed by atoms with Crippen molar-refractivity contribution in [1.82, 2.24) is 24.8 Å². The zero-order valence-corrected chi connectivity index (χ0v) is 46.2. The molecule has 0 radical (unpaired) electrons. The monoisotopic (exact) mass is 1090 g/mol. The molecule has 0 spiro atoms. The van der Waals surface area contributed by atoms with Crippen molar-refractivity contribution in [2.75, 3.05) is 58.1 Å². The fraction of sp³-hybridized carbons (Fsp3) is 0.482. The predicted molar refractivity (Wildman–Crippen MR) is 299 cm³/mol. The smallest absolute Gasteiger partial charge is 0.392 e. The number of carbonyl (C=O) groups is 3. The van der Waals surface area contributed by atoms with E-state index in [1.165, 1.54) is 22.7 Å². The number of hydrogen-bond donors (Lipinski definition) is 6. The summed E-state index contributed by atoms with van der Waals surface area (Å²) in [5, 5.41) is 17.2. The van der Waals surface area contributed by atoms with E-state index < -0.39 is 25.9 Å². The molecule has 4 aromatic heterocycles. The average Bonchev–Trinajstić information content (AvgIpc) is 3.82. The number of nitrogens with one attached hydrogen (secondary N) is 2. The van der Waals surface area contributed by atoms with Gasteiger partial charge in [-0.05, 0) is 144 Å². The number of nitrogens with two attached hydrogens (primary N) is 1. The molecule has 7 N–H and O–H groups in total. The third-order valence-electron chi connectivity index (χ3n) is 16.6. The highest BCUT2D eigenvalue weighted by atomic mass is 32.1. The van der Waals surface area contributed by atoms with Crippen molar-refractivity contribution in [1.29, 1.82) is 0 Å². The molecule has 0 bridgehead atoms. The zero-order chi connectivity index (χ0) is 54.6. The number of rotatable bonds is 14. The molecule has 3 atom stereocenters. The Bertz CT molecular complexity index is 3160. The van der Waals surface area contributed by atoms with Crippen LogP contribution in [0.5, 0.6) is 0 Å². The summed E-state index contributed by atoms with van der Waals surface area (Å²) in [5.41, 5.74) is 12.6. The number of fused-ring (bicyclic) bond motifs is 3. The van der Waals surface area contributed by atoms with Gasteiger partial charge in [0.2, 0.25) is 5.91 Å². The lowest BCUT2D eigenvalue weighted by atomic mass is 9.76. The summed E-state index contributed by atoms with van der Waals surface area (Å²) in [4.78, 5) is 88.7. The number of piperidine rings is 1. The highest BCUT2D eigenvalue weighted by Crippen LogP contribution is 2.50. The Morgan fingerprint density at radius 1 is 0.948 bits per heavy atom. The Labute approximate surface area is 453 Å². The number of pyridine rings is 2. The van der Waals surface area contributed by atoms with E-state index >= 15 is 0 Å². The SMILES string of the molecule is C=CC(=O)Nc1cc(Nc2nc(-c3ccnc(N4CCc5c(sc6c5CCCC6(C)C)C4=O)c3CO)cnc2C(N)=O)ccc1N1CCN(C2CCN(c3ccnc(C4CCC(C)(OP(=O)(O)O)CC4)c3)[C@H](C)C2)C[C@@H]1C. The number of carbonyl (C=O) groups excluding carboxylic acids is 3. The quantitative estimate of drug-likeness (QED) is 0.0451. The topological polar surface area (TPSA) is 253 Å². The molecule has 7 heterocycles. The van der Waals surface area contributed by atoms with E-state index in [2.05, 4.69) is 81.7 Å². The molecule has 2 aliphatic carbocycles. The fourth-order valence-electron chi connectivity index (χ4n) is 12.7. The normalized spacial score (nSPS) is 23.7. The molecule has 5 aromatic rings. The molecule has 1 aromatic carbocycles. The molecule has 408 valence electrons. The molecule has 77 heavy (non-hydrogen) atoms. The van der Waals surface area contributed by atoms with E-state index in [4.69, 9.17) is 20.2 Å². The predicted octanol–water partition coefficient (Wildman–Crippen LogP) is 8.36. The minimum atomic E-state index is -4.58. The summed E-state index contributed by atoms with van der Waals surface area (Å²) < 4.78 is 16.8. The van der Waals surface area contributed by atoms with Gasteiger partial charge in [0.25, 0.3) is 11.8 Å². The van der Waals surface area contributed by atoms with Gasteiger partial charge < -0.3 is 41.1 Å². The number of nitrogens with zero attached hydrogens (tertiary/aromatic N) is 8. The lowest BCUT2D eigenvalue weighted by molar-refractivity contribution is -0.111. The number of hydrogen-bond acceptors (Lipinski definition) is 15. The zero-order valence-electron chi connectivity index (χ0n) is 44.5. The molecule has 19 nitrogen and oxygen atoms in total. The van der Waals surface area contributed by atoms with E-state index in [1.54, 1.807) is 41.5 Å². The summed E-state index contributed by atoms with van der Waals surface area (Å²) in [6.45, 7) is 17.7. The molecule has 3 fully saturated rings. The van der Waals surface area contributed by atoms with Crippen LogP contribution in [-0.2, 0) is 38.7 Å². The minimum Gasteiger partial charge on any atom is -0.392 e. The highest BCUT2D eigenvalue weighted by Gasteiger charge is 2.41. The standard InChI is InChI=1S/C56H70N11O8PS/c1-7-47(69)62-44-28-36(61-52-48(51(57)70)60-30-45(63-52)39-15-22-59-53(42(39)32-68)67-24-17-40-41-9-8-18-55(4,5)50(41)77-49(40)54(67)71)10-11-46(44)66-26-25-64(31-34(66)3)37-16-23-65(33(2)27-37)38-14-21-58-43(29-38)35-12-19-56(6,20-13-35)75-76(72,73)74/h7,10-11,14-15,21-22,28-30,33-35,37,68H,1,8-9,12-13,16-20,23-27,31-32H2,2-6H3,(H2,57,70)(H,61,63)(H,62,69)(H2,72,73,74)/t33-,34+,35?,37?,56?/m1/s1. The van der Waals surface area contributed by atoms with Gasteiger partial charge in [0.15, 0.2) is 11.5 Å². The fourth-order valence-corrected chi connectivity index (χ4v) is 14.9. The molecule has 3 amide bonds. The van der Waals surface area contributed by atoms with E-state index in [0.717, 1.165) is 92.1 Å². The molecular formula is C56H70N11O8PS. The summed E-state index contributed by atoms with van der Waals surface area (Å²) >= 11 is 1.59. The number of primary amides is 1. The second-order valence-corrected chi connectivity index (χ2v) is 24.5. The first-order chi connectivity index (χ1) is 36.7. The number of aliphatic hydroxyl groups is 1. The van der Waals surface area contributed by atoms with Crippen molar-refractivity contribution in [3.05, 3.63) is 105 Å². The number of anilines is 6. The van der Waals surface area contributed by atoms with Gasteiger partial charge in [-0.2, -0.15) is 0 Å². The van der Waals surface area contributed by atoms with Gasteiger partial charge in [0.05, 0.1) is 40.4 Å². The second kappa shape index (κ2) is 21.6. The largest absolute Gasteiger partial charge is 0.470 e. The molecule has 3 aliphatic heterocycles. The number of piperazine rings is 1. The molecule has 10 rings (SSSR count). The van der Waals surface area contributed by atoms with Crippen LogP contribution in [0.3, 0.4) is 0 Å². The number of aromatic nitrogens is 4. The van der Waals surface area contributed by atoms with Crippen LogP contribution in [0.2, 0.25) is 0 Å². The number of amides is 3. The van der Waals surface area contributed by atoms with Gasteiger partial charge in [-0.25, -0.2) is 19.5 Å². The number of phosphoric ester groups is 1.